The first-order valence-electron chi connectivity index (χ1n) is 12.7. The van der Waals surface area contributed by atoms with Crippen LogP contribution in [0.1, 0.15) is 77.0 Å². The van der Waals surface area contributed by atoms with E-state index < -0.39 is 11.4 Å². The maximum absolute atomic E-state index is 13.1. The van der Waals surface area contributed by atoms with Crippen LogP contribution in [0, 0.1) is 16.9 Å². The van der Waals surface area contributed by atoms with Gasteiger partial charge in [0.25, 0.3) is 6.26 Å². The minimum absolute atomic E-state index is 0.0913. The molecule has 0 atom stereocenters. The molecule has 1 N–H and O–H groups in total. The highest BCUT2D eigenvalue weighted by atomic mass is 16.5. The number of isocyanates is 2. The van der Waals surface area contributed by atoms with Crippen LogP contribution in [0.15, 0.2) is 19.6 Å². The first-order chi connectivity index (χ1) is 17.6. The van der Waals surface area contributed by atoms with Crippen LogP contribution in [-0.2, 0) is 34.0 Å². The third-order valence-corrected chi connectivity index (χ3v) is 5.81. The van der Waals surface area contributed by atoms with Crippen LogP contribution in [0.2, 0.25) is 0 Å². The van der Waals surface area contributed by atoms with Gasteiger partial charge in [0.2, 0.25) is 17.8 Å². The van der Waals surface area contributed by atoms with Gasteiger partial charge >= 0.3 is 11.4 Å². The van der Waals surface area contributed by atoms with E-state index in [1.54, 1.807) is 6.26 Å². The lowest BCUT2D eigenvalue weighted by atomic mass is 10.2. The Morgan fingerprint density at radius 1 is 0.667 bits per heavy atom. The average molecular weight is 504 g/mol. The van der Waals surface area contributed by atoms with Crippen LogP contribution < -0.4 is 17.0 Å². The zero-order chi connectivity index (χ0) is 26.4. The maximum Gasteiger partial charge on any atom is 0.334 e. The van der Waals surface area contributed by atoms with E-state index in [1.807, 2.05) is 0 Å². The fourth-order valence-electron chi connectivity index (χ4n) is 3.86. The normalized spacial score (nSPS) is 10.3. The van der Waals surface area contributed by atoms with Crippen molar-refractivity contribution < 1.29 is 14.3 Å². The van der Waals surface area contributed by atoms with Crippen molar-refractivity contribution in [1.29, 1.82) is 10.7 Å². The fourth-order valence-corrected chi connectivity index (χ4v) is 3.86. The van der Waals surface area contributed by atoms with Crippen LogP contribution in [0.3, 0.4) is 0 Å². The summed E-state index contributed by atoms with van der Waals surface area (Å²) in [6.45, 7) is 2.17. The molecule has 1 aromatic rings. The largest absolute Gasteiger partial charge is 0.428 e. The Kier molecular flexibility index (Phi) is 16.7. The van der Waals surface area contributed by atoms with Crippen LogP contribution >= 0.6 is 0 Å². The Bertz CT molecular complexity index is 1020. The van der Waals surface area contributed by atoms with Gasteiger partial charge in [0.15, 0.2) is 0 Å². The van der Waals surface area contributed by atoms with Crippen molar-refractivity contribution in [2.75, 3.05) is 19.7 Å². The highest BCUT2D eigenvalue weighted by molar-refractivity contribution is 5.32. The van der Waals surface area contributed by atoms with Gasteiger partial charge in [0.05, 0.1) is 13.1 Å². The quantitative estimate of drug-likeness (QED) is 0.117. The Morgan fingerprint density at radius 2 is 1.08 bits per heavy atom. The zero-order valence-electron chi connectivity index (χ0n) is 21.0. The number of unbranched alkanes of at least 4 members (excludes halogenated alkanes) is 9. The summed E-state index contributed by atoms with van der Waals surface area (Å²) in [6.07, 6.45) is 13.8. The van der Waals surface area contributed by atoms with Crippen LogP contribution in [0.25, 0.3) is 0 Å². The average Bonchev–Trinajstić information content (AvgIpc) is 2.87. The summed E-state index contributed by atoms with van der Waals surface area (Å²) in [5.41, 5.74) is -1.02. The number of hydrogen-bond acceptors (Lipinski definition) is 9. The molecule has 198 valence electrons. The summed E-state index contributed by atoms with van der Waals surface area (Å²) < 4.78 is 8.62. The van der Waals surface area contributed by atoms with Crippen molar-refractivity contribution >= 4 is 12.2 Å². The van der Waals surface area contributed by atoms with Crippen molar-refractivity contribution in [3.8, 4) is 6.26 Å². The molecule has 0 bridgehead atoms. The molecule has 0 spiro atoms. The van der Waals surface area contributed by atoms with Crippen molar-refractivity contribution in [2.24, 2.45) is 9.98 Å². The Labute approximate surface area is 210 Å². The highest BCUT2D eigenvalue weighted by Crippen LogP contribution is 2.03. The van der Waals surface area contributed by atoms with E-state index in [1.165, 1.54) is 25.9 Å². The third-order valence-electron chi connectivity index (χ3n) is 5.81. The van der Waals surface area contributed by atoms with E-state index in [0.717, 1.165) is 57.8 Å². The van der Waals surface area contributed by atoms with Gasteiger partial charge in [-0.3, -0.25) is 14.5 Å². The van der Waals surface area contributed by atoms with Gasteiger partial charge in [-0.25, -0.2) is 33.7 Å². The highest BCUT2D eigenvalue weighted by Gasteiger charge is 2.13. The molecule has 0 aliphatic heterocycles. The standard InChI is InChI=1S/C24H37N7O5/c25-19-36-18-12-6-5-10-16-30-22(26)29(15-9-3-1-7-13-27-20-32)23(34)31(24(30)35)17-11-4-2-8-14-28-21-33/h26H,1-18H2. The maximum atomic E-state index is 13.1. The van der Waals surface area contributed by atoms with E-state index in [-0.39, 0.29) is 12.2 Å². The minimum atomic E-state index is -0.467. The molecule has 0 aliphatic carbocycles. The molecule has 1 rings (SSSR count). The van der Waals surface area contributed by atoms with Gasteiger partial charge in [-0.2, -0.15) is 5.26 Å². The molecule has 0 aromatic carbocycles. The summed E-state index contributed by atoms with van der Waals surface area (Å²) in [6, 6.07) is 0. The summed E-state index contributed by atoms with van der Waals surface area (Å²) in [5.74, 6) is 0. The number of aromatic nitrogens is 3. The molecule has 0 fully saturated rings. The van der Waals surface area contributed by atoms with Crippen LogP contribution in [0.4, 0.5) is 0 Å². The van der Waals surface area contributed by atoms with Crippen molar-refractivity contribution in [3.05, 3.63) is 26.6 Å². The predicted molar refractivity (Wildman–Crippen MR) is 132 cm³/mol. The van der Waals surface area contributed by atoms with Crippen molar-refractivity contribution in [2.45, 2.75) is 96.7 Å². The van der Waals surface area contributed by atoms with Gasteiger partial charge in [-0.05, 0) is 44.9 Å². The first kappa shape index (κ1) is 30.5. The van der Waals surface area contributed by atoms with E-state index in [2.05, 4.69) is 14.7 Å². The number of nitrogens with zero attached hydrogens (tertiary/aromatic N) is 6. The van der Waals surface area contributed by atoms with Crippen LogP contribution in [0.5, 0.6) is 0 Å². The Hall–Kier alpha value is -3.54. The molecule has 0 saturated heterocycles. The molecule has 0 radical (unpaired) electrons. The summed E-state index contributed by atoms with van der Waals surface area (Å²) in [5, 5.41) is 16.9. The molecule has 36 heavy (non-hydrogen) atoms. The second-order valence-corrected chi connectivity index (χ2v) is 8.47. The Balaban J connectivity index is 2.87. The molecule has 12 heteroatoms. The van der Waals surface area contributed by atoms with Gasteiger partial charge in [0, 0.05) is 19.6 Å². The van der Waals surface area contributed by atoms with Gasteiger partial charge in [-0.1, -0.05) is 32.1 Å². The number of rotatable bonds is 21. The second kappa shape index (κ2) is 19.7. The minimum Gasteiger partial charge on any atom is -0.428 e. The lowest BCUT2D eigenvalue weighted by Crippen LogP contribution is -2.54. The molecule has 0 amide bonds. The van der Waals surface area contributed by atoms with Crippen molar-refractivity contribution in [1.82, 2.24) is 13.7 Å². The number of hydrogen-bond donors (Lipinski definition) is 1. The Morgan fingerprint density at radius 3 is 1.53 bits per heavy atom. The lowest BCUT2D eigenvalue weighted by Gasteiger charge is -2.15. The first-order valence-corrected chi connectivity index (χ1v) is 12.7. The SMILES string of the molecule is N#COCCCCCCn1c(=N)n(CCCCCCN=C=O)c(=O)n(CCCCCCN=C=O)c1=O. The van der Waals surface area contributed by atoms with E-state index in [4.69, 9.17) is 10.7 Å². The van der Waals surface area contributed by atoms with Gasteiger partial charge < -0.3 is 4.74 Å². The van der Waals surface area contributed by atoms with E-state index in [9.17, 15) is 19.2 Å². The van der Waals surface area contributed by atoms with Gasteiger partial charge in [0.1, 0.15) is 6.61 Å². The van der Waals surface area contributed by atoms with Crippen molar-refractivity contribution in [3.63, 3.8) is 0 Å². The number of carbonyl (C=O) groups excluding carboxylic acids is 2. The molecule has 0 saturated carbocycles. The molecular formula is C24H37N7O5. The fraction of sp³-hybridized carbons (Fsp3) is 0.750. The molecule has 0 unspecified atom stereocenters. The molecule has 12 nitrogen and oxygen atoms in total. The van der Waals surface area contributed by atoms with E-state index >= 15 is 0 Å². The monoisotopic (exact) mass is 503 g/mol. The van der Waals surface area contributed by atoms with Gasteiger partial charge in [-0.15, -0.1) is 0 Å². The summed E-state index contributed by atoms with van der Waals surface area (Å²) >= 11 is 0. The lowest BCUT2D eigenvalue weighted by molar-refractivity contribution is 0.259. The second-order valence-electron chi connectivity index (χ2n) is 8.47. The molecular weight excluding hydrogens is 466 g/mol. The smallest absolute Gasteiger partial charge is 0.334 e. The third kappa shape index (κ3) is 11.7. The number of aliphatic imine (C=N–C) groups is 2. The topological polar surface area (TPSA) is 165 Å². The number of nitriles is 1. The molecule has 1 heterocycles. The number of nitrogens with one attached hydrogen (secondary N) is 1. The summed E-state index contributed by atoms with van der Waals surface area (Å²) in [7, 11) is 0. The molecule has 0 aliphatic rings. The zero-order valence-corrected chi connectivity index (χ0v) is 21.0. The summed E-state index contributed by atoms with van der Waals surface area (Å²) in [4.78, 5) is 53.5. The molecule has 1 aromatic heterocycles. The van der Waals surface area contributed by atoms with E-state index in [0.29, 0.717) is 52.0 Å². The van der Waals surface area contributed by atoms with Crippen LogP contribution in [-0.4, -0.2) is 45.6 Å². The predicted octanol–water partition coefficient (Wildman–Crippen LogP) is 2.14. The number of ether oxygens (including phenoxy) is 1.